The zero-order valence-electron chi connectivity index (χ0n) is 10.1. The van der Waals surface area contributed by atoms with Gasteiger partial charge in [-0.2, -0.15) is 0 Å². The molecule has 0 radical (unpaired) electrons. The molecule has 94 valence electrons. The summed E-state index contributed by atoms with van der Waals surface area (Å²) in [4.78, 5) is 0. The number of hydrogen-bond acceptors (Lipinski definition) is 1. The standard InChI is InChI=1S/C15H14ClFO/c1-11-5-6-14(10-15(11)17)18-8-7-12-3-2-4-13(16)9-12/h2-6,9-10H,7-8H2,1H3. The highest BCUT2D eigenvalue weighted by molar-refractivity contribution is 6.30. The average Bonchev–Trinajstić information content (AvgIpc) is 2.34. The molecule has 3 heteroatoms. The molecule has 0 unspecified atom stereocenters. The molecule has 0 aliphatic carbocycles. The van der Waals surface area contributed by atoms with Gasteiger partial charge < -0.3 is 4.74 Å². The van der Waals surface area contributed by atoms with Crippen molar-refractivity contribution in [3.8, 4) is 5.75 Å². The van der Waals surface area contributed by atoms with Crippen LogP contribution in [-0.2, 0) is 6.42 Å². The van der Waals surface area contributed by atoms with E-state index in [1.807, 2.05) is 24.3 Å². The lowest BCUT2D eigenvalue weighted by Crippen LogP contribution is -2.01. The van der Waals surface area contributed by atoms with E-state index in [-0.39, 0.29) is 5.82 Å². The van der Waals surface area contributed by atoms with Crippen LogP contribution in [0.3, 0.4) is 0 Å². The molecule has 0 bridgehead atoms. The molecule has 2 rings (SSSR count). The summed E-state index contributed by atoms with van der Waals surface area (Å²) in [6.07, 6.45) is 0.746. The molecule has 0 amide bonds. The molecule has 0 aliphatic rings. The highest BCUT2D eigenvalue weighted by Crippen LogP contribution is 2.16. The fourth-order valence-corrected chi connectivity index (χ4v) is 1.86. The number of hydrogen-bond donors (Lipinski definition) is 0. The second-order valence-corrected chi connectivity index (χ2v) is 4.58. The zero-order chi connectivity index (χ0) is 13.0. The van der Waals surface area contributed by atoms with Crippen molar-refractivity contribution in [2.45, 2.75) is 13.3 Å². The number of halogens is 2. The Morgan fingerprint density at radius 3 is 2.72 bits per heavy atom. The second kappa shape index (κ2) is 5.87. The molecule has 0 saturated heterocycles. The summed E-state index contributed by atoms with van der Waals surface area (Å²) in [5, 5.41) is 0.717. The maximum absolute atomic E-state index is 13.3. The monoisotopic (exact) mass is 264 g/mol. The van der Waals surface area contributed by atoms with Crippen LogP contribution in [0.15, 0.2) is 42.5 Å². The van der Waals surface area contributed by atoms with Crippen LogP contribution in [0, 0.1) is 12.7 Å². The number of ether oxygens (including phenoxy) is 1. The Labute approximate surface area is 111 Å². The van der Waals surface area contributed by atoms with Gasteiger partial charge in [0.05, 0.1) is 6.61 Å². The van der Waals surface area contributed by atoms with Crippen LogP contribution in [0.4, 0.5) is 4.39 Å². The Hall–Kier alpha value is -1.54. The molecule has 0 fully saturated rings. The summed E-state index contributed by atoms with van der Waals surface area (Å²) < 4.78 is 18.8. The predicted molar refractivity (Wildman–Crippen MR) is 71.8 cm³/mol. The first-order valence-electron chi connectivity index (χ1n) is 5.78. The van der Waals surface area contributed by atoms with Crippen LogP contribution in [-0.4, -0.2) is 6.61 Å². The molecule has 0 saturated carbocycles. The molecule has 18 heavy (non-hydrogen) atoms. The Morgan fingerprint density at radius 2 is 2.00 bits per heavy atom. The van der Waals surface area contributed by atoms with Crippen LogP contribution in [0.2, 0.25) is 5.02 Å². The van der Waals surface area contributed by atoms with Crippen molar-refractivity contribution in [1.29, 1.82) is 0 Å². The van der Waals surface area contributed by atoms with E-state index in [1.54, 1.807) is 19.1 Å². The number of benzene rings is 2. The molecule has 0 aliphatic heterocycles. The van der Waals surface area contributed by atoms with Crippen molar-refractivity contribution in [1.82, 2.24) is 0 Å². The van der Waals surface area contributed by atoms with E-state index in [0.29, 0.717) is 22.9 Å². The van der Waals surface area contributed by atoms with Crippen LogP contribution in [0.5, 0.6) is 5.75 Å². The summed E-state index contributed by atoms with van der Waals surface area (Å²) in [5.41, 5.74) is 1.73. The minimum atomic E-state index is -0.241. The van der Waals surface area contributed by atoms with E-state index in [2.05, 4.69) is 0 Å². The number of rotatable bonds is 4. The fourth-order valence-electron chi connectivity index (χ4n) is 1.64. The summed E-state index contributed by atoms with van der Waals surface area (Å²) in [6, 6.07) is 12.5. The van der Waals surface area contributed by atoms with Crippen LogP contribution >= 0.6 is 11.6 Å². The maximum Gasteiger partial charge on any atom is 0.129 e. The topological polar surface area (TPSA) is 9.23 Å². The van der Waals surface area contributed by atoms with Gasteiger partial charge in [-0.1, -0.05) is 29.8 Å². The van der Waals surface area contributed by atoms with Gasteiger partial charge in [-0.05, 0) is 36.2 Å². The zero-order valence-corrected chi connectivity index (χ0v) is 10.9. The average molecular weight is 265 g/mol. The largest absolute Gasteiger partial charge is 0.493 e. The Morgan fingerprint density at radius 1 is 1.17 bits per heavy atom. The molecule has 0 aromatic heterocycles. The minimum Gasteiger partial charge on any atom is -0.493 e. The van der Waals surface area contributed by atoms with E-state index in [0.717, 1.165) is 12.0 Å². The quantitative estimate of drug-likeness (QED) is 0.795. The summed E-state index contributed by atoms with van der Waals surface area (Å²) in [6.45, 7) is 2.23. The van der Waals surface area contributed by atoms with Gasteiger partial charge in [0.25, 0.3) is 0 Å². The fraction of sp³-hybridized carbons (Fsp3) is 0.200. The third-order valence-corrected chi connectivity index (χ3v) is 2.93. The molecule has 0 spiro atoms. The van der Waals surface area contributed by atoms with Gasteiger partial charge in [-0.25, -0.2) is 4.39 Å². The van der Waals surface area contributed by atoms with Gasteiger partial charge in [0, 0.05) is 17.5 Å². The third kappa shape index (κ3) is 3.47. The second-order valence-electron chi connectivity index (χ2n) is 4.14. The molecule has 2 aromatic rings. The maximum atomic E-state index is 13.3. The minimum absolute atomic E-state index is 0.241. The van der Waals surface area contributed by atoms with Gasteiger partial charge in [-0.3, -0.25) is 0 Å². The first kappa shape index (κ1) is 12.9. The molecule has 1 nitrogen and oxygen atoms in total. The van der Waals surface area contributed by atoms with E-state index < -0.39 is 0 Å². The van der Waals surface area contributed by atoms with Crippen molar-refractivity contribution >= 4 is 11.6 Å². The van der Waals surface area contributed by atoms with Gasteiger partial charge in [-0.15, -0.1) is 0 Å². The van der Waals surface area contributed by atoms with E-state index in [9.17, 15) is 4.39 Å². The predicted octanol–water partition coefficient (Wildman–Crippen LogP) is 4.41. The van der Waals surface area contributed by atoms with E-state index in [4.69, 9.17) is 16.3 Å². The number of aryl methyl sites for hydroxylation is 1. The van der Waals surface area contributed by atoms with Crippen molar-refractivity contribution < 1.29 is 9.13 Å². The molecule has 2 aromatic carbocycles. The highest BCUT2D eigenvalue weighted by Gasteiger charge is 2.00. The highest BCUT2D eigenvalue weighted by atomic mass is 35.5. The van der Waals surface area contributed by atoms with Crippen LogP contribution in [0.25, 0.3) is 0 Å². The first-order valence-corrected chi connectivity index (χ1v) is 6.16. The van der Waals surface area contributed by atoms with Gasteiger partial charge >= 0.3 is 0 Å². The summed E-state index contributed by atoms with van der Waals surface area (Å²) in [7, 11) is 0. The lowest BCUT2D eigenvalue weighted by atomic mass is 10.2. The van der Waals surface area contributed by atoms with Crippen molar-refractivity contribution in [3.63, 3.8) is 0 Å². The molecular formula is C15H14ClFO. The molecule has 0 N–H and O–H groups in total. The third-order valence-electron chi connectivity index (χ3n) is 2.69. The van der Waals surface area contributed by atoms with E-state index in [1.165, 1.54) is 6.07 Å². The Balaban J connectivity index is 1.90. The lowest BCUT2D eigenvalue weighted by molar-refractivity contribution is 0.320. The molecule has 0 atom stereocenters. The Kier molecular flexibility index (Phi) is 4.21. The van der Waals surface area contributed by atoms with Gasteiger partial charge in [0.15, 0.2) is 0 Å². The van der Waals surface area contributed by atoms with Crippen molar-refractivity contribution in [3.05, 3.63) is 64.4 Å². The van der Waals surface area contributed by atoms with Crippen molar-refractivity contribution in [2.75, 3.05) is 6.61 Å². The first-order chi connectivity index (χ1) is 8.65. The smallest absolute Gasteiger partial charge is 0.129 e. The Bertz CT molecular complexity index is 540. The SMILES string of the molecule is Cc1ccc(OCCc2cccc(Cl)c2)cc1F. The summed E-state index contributed by atoms with van der Waals surface area (Å²) >= 11 is 5.89. The van der Waals surface area contributed by atoms with E-state index >= 15 is 0 Å². The normalized spacial score (nSPS) is 10.4. The van der Waals surface area contributed by atoms with Gasteiger partial charge in [0.2, 0.25) is 0 Å². The lowest BCUT2D eigenvalue weighted by Gasteiger charge is -2.07. The van der Waals surface area contributed by atoms with Gasteiger partial charge in [0.1, 0.15) is 11.6 Å². The molecular weight excluding hydrogens is 251 g/mol. The molecule has 0 heterocycles. The summed E-state index contributed by atoms with van der Waals surface area (Å²) in [5.74, 6) is 0.315. The van der Waals surface area contributed by atoms with Crippen molar-refractivity contribution in [2.24, 2.45) is 0 Å². The van der Waals surface area contributed by atoms with Crippen LogP contribution < -0.4 is 4.74 Å². The van der Waals surface area contributed by atoms with Crippen LogP contribution in [0.1, 0.15) is 11.1 Å².